The zero-order valence-corrected chi connectivity index (χ0v) is 11.6. The lowest BCUT2D eigenvalue weighted by Crippen LogP contribution is -2.11. The number of hydrogen-bond donors (Lipinski definition) is 1. The molecule has 2 aromatic rings. The third-order valence-electron chi connectivity index (χ3n) is 2.96. The van der Waals surface area contributed by atoms with E-state index >= 15 is 0 Å². The van der Waals surface area contributed by atoms with Crippen LogP contribution in [0.15, 0.2) is 24.3 Å². The molecule has 1 atom stereocenters. The van der Waals surface area contributed by atoms with Crippen molar-refractivity contribution in [1.29, 1.82) is 0 Å². The fourth-order valence-electron chi connectivity index (χ4n) is 1.76. The van der Waals surface area contributed by atoms with Crippen molar-refractivity contribution in [3.05, 3.63) is 40.4 Å². The van der Waals surface area contributed by atoms with Crippen molar-refractivity contribution in [3.8, 4) is 10.6 Å². The van der Waals surface area contributed by atoms with Crippen LogP contribution in [0, 0.1) is 13.8 Å². The van der Waals surface area contributed by atoms with E-state index in [2.05, 4.69) is 55.3 Å². The third kappa shape index (κ3) is 2.56. The lowest BCUT2D eigenvalue weighted by Gasteiger charge is -2.06. The molecule has 17 heavy (non-hydrogen) atoms. The Bertz CT molecular complexity index is 499. The van der Waals surface area contributed by atoms with Crippen LogP contribution in [0.1, 0.15) is 29.1 Å². The minimum absolute atomic E-state index is 0.367. The van der Waals surface area contributed by atoms with Gasteiger partial charge in [0.05, 0.1) is 5.69 Å². The largest absolute Gasteiger partial charge is 0.312 e. The maximum absolute atomic E-state index is 4.66. The van der Waals surface area contributed by atoms with Crippen LogP contribution in [0.4, 0.5) is 0 Å². The summed E-state index contributed by atoms with van der Waals surface area (Å²) in [5.74, 6) is 0. The van der Waals surface area contributed by atoms with Crippen LogP contribution in [0.2, 0.25) is 0 Å². The first kappa shape index (κ1) is 12.3. The van der Waals surface area contributed by atoms with Gasteiger partial charge in [-0.25, -0.2) is 4.98 Å². The molecule has 1 heterocycles. The average molecular weight is 246 g/mol. The molecule has 0 aliphatic carbocycles. The van der Waals surface area contributed by atoms with Crippen LogP contribution in [0.25, 0.3) is 10.6 Å². The Labute approximate surface area is 107 Å². The number of benzene rings is 1. The molecule has 0 saturated carbocycles. The summed E-state index contributed by atoms with van der Waals surface area (Å²) in [7, 11) is 1.98. The van der Waals surface area contributed by atoms with Gasteiger partial charge in [-0.15, -0.1) is 11.3 Å². The van der Waals surface area contributed by atoms with Gasteiger partial charge >= 0.3 is 0 Å². The second kappa shape index (κ2) is 4.98. The molecule has 0 saturated heterocycles. The topological polar surface area (TPSA) is 24.9 Å². The smallest absolute Gasteiger partial charge is 0.123 e. The van der Waals surface area contributed by atoms with Crippen molar-refractivity contribution in [2.75, 3.05) is 7.05 Å². The van der Waals surface area contributed by atoms with E-state index in [9.17, 15) is 0 Å². The normalized spacial score (nSPS) is 12.7. The fraction of sp³-hybridized carbons (Fsp3) is 0.357. The summed E-state index contributed by atoms with van der Waals surface area (Å²) >= 11 is 1.78. The van der Waals surface area contributed by atoms with Gasteiger partial charge in [-0.05, 0) is 27.8 Å². The number of hydrogen-bond acceptors (Lipinski definition) is 3. The first-order valence-electron chi connectivity index (χ1n) is 5.83. The summed E-state index contributed by atoms with van der Waals surface area (Å²) in [6, 6.07) is 8.91. The van der Waals surface area contributed by atoms with Crippen molar-refractivity contribution < 1.29 is 0 Å². The molecule has 2 nitrogen and oxygen atoms in total. The minimum atomic E-state index is 0.367. The summed E-state index contributed by atoms with van der Waals surface area (Å²) in [4.78, 5) is 5.98. The van der Waals surface area contributed by atoms with E-state index in [1.807, 2.05) is 7.05 Å². The minimum Gasteiger partial charge on any atom is -0.312 e. The van der Waals surface area contributed by atoms with E-state index in [1.54, 1.807) is 11.3 Å². The van der Waals surface area contributed by atoms with Gasteiger partial charge < -0.3 is 5.32 Å². The maximum atomic E-state index is 4.66. The van der Waals surface area contributed by atoms with Gasteiger partial charge in [-0.3, -0.25) is 0 Å². The highest BCUT2D eigenvalue weighted by Crippen LogP contribution is 2.31. The van der Waals surface area contributed by atoms with Gasteiger partial charge in [0.1, 0.15) is 5.01 Å². The van der Waals surface area contributed by atoms with Crippen LogP contribution in [0.3, 0.4) is 0 Å². The average Bonchev–Trinajstić information content (AvgIpc) is 2.71. The van der Waals surface area contributed by atoms with Crippen LogP contribution in [0.5, 0.6) is 0 Å². The molecule has 1 unspecified atom stereocenters. The lowest BCUT2D eigenvalue weighted by atomic mass is 10.2. The molecule has 3 heteroatoms. The van der Waals surface area contributed by atoms with E-state index in [-0.39, 0.29) is 0 Å². The summed E-state index contributed by atoms with van der Waals surface area (Å²) in [5.41, 5.74) is 3.62. The van der Waals surface area contributed by atoms with E-state index < -0.39 is 0 Å². The SMILES string of the molecule is CNC(C)c1sc(-c2ccc(C)cc2)nc1C. The Morgan fingerprint density at radius 2 is 1.82 bits per heavy atom. The summed E-state index contributed by atoms with van der Waals surface area (Å²) in [5, 5.41) is 4.38. The monoisotopic (exact) mass is 246 g/mol. The first-order valence-corrected chi connectivity index (χ1v) is 6.65. The summed E-state index contributed by atoms with van der Waals surface area (Å²) in [6.07, 6.45) is 0. The van der Waals surface area contributed by atoms with Crippen molar-refractivity contribution >= 4 is 11.3 Å². The number of thiazole rings is 1. The van der Waals surface area contributed by atoms with Crippen LogP contribution in [-0.4, -0.2) is 12.0 Å². The van der Waals surface area contributed by atoms with Crippen molar-refractivity contribution in [2.24, 2.45) is 0 Å². The highest BCUT2D eigenvalue weighted by Gasteiger charge is 2.13. The molecule has 1 aromatic heterocycles. The fourth-order valence-corrected chi connectivity index (χ4v) is 2.89. The summed E-state index contributed by atoms with van der Waals surface area (Å²) in [6.45, 7) is 6.35. The Morgan fingerprint density at radius 1 is 1.18 bits per heavy atom. The molecular formula is C14H18N2S. The molecule has 0 radical (unpaired) electrons. The number of aromatic nitrogens is 1. The molecule has 2 rings (SSSR count). The quantitative estimate of drug-likeness (QED) is 0.893. The van der Waals surface area contributed by atoms with Gasteiger partial charge in [-0.2, -0.15) is 0 Å². The molecule has 0 spiro atoms. The van der Waals surface area contributed by atoms with E-state index in [0.29, 0.717) is 6.04 Å². The Kier molecular flexibility index (Phi) is 3.60. The predicted octanol–water partition coefficient (Wildman–Crippen LogP) is 3.71. The van der Waals surface area contributed by atoms with Gasteiger partial charge in [0.25, 0.3) is 0 Å². The molecule has 0 aliphatic rings. The molecule has 1 aromatic carbocycles. The molecule has 90 valence electrons. The number of nitrogens with one attached hydrogen (secondary N) is 1. The molecular weight excluding hydrogens is 228 g/mol. The van der Waals surface area contributed by atoms with E-state index in [1.165, 1.54) is 16.0 Å². The van der Waals surface area contributed by atoms with Crippen molar-refractivity contribution in [3.63, 3.8) is 0 Å². The predicted molar refractivity (Wildman–Crippen MR) is 74.5 cm³/mol. The van der Waals surface area contributed by atoms with Gasteiger partial charge in [0.15, 0.2) is 0 Å². The first-order chi connectivity index (χ1) is 8.11. The second-order valence-corrected chi connectivity index (χ2v) is 5.38. The molecule has 0 amide bonds. The maximum Gasteiger partial charge on any atom is 0.123 e. The Morgan fingerprint density at radius 3 is 2.41 bits per heavy atom. The highest BCUT2D eigenvalue weighted by atomic mass is 32.1. The molecule has 0 fully saturated rings. The van der Waals surface area contributed by atoms with Gasteiger partial charge in [0, 0.05) is 16.5 Å². The molecule has 1 N–H and O–H groups in total. The summed E-state index contributed by atoms with van der Waals surface area (Å²) < 4.78 is 0. The Balaban J connectivity index is 2.37. The van der Waals surface area contributed by atoms with Crippen molar-refractivity contribution in [2.45, 2.75) is 26.8 Å². The van der Waals surface area contributed by atoms with Gasteiger partial charge in [-0.1, -0.05) is 29.8 Å². The number of aryl methyl sites for hydroxylation is 2. The molecule has 0 bridgehead atoms. The molecule has 0 aliphatic heterocycles. The number of rotatable bonds is 3. The number of nitrogens with zero attached hydrogens (tertiary/aromatic N) is 1. The van der Waals surface area contributed by atoms with Crippen LogP contribution in [-0.2, 0) is 0 Å². The van der Waals surface area contributed by atoms with Crippen molar-refractivity contribution in [1.82, 2.24) is 10.3 Å². The van der Waals surface area contributed by atoms with Gasteiger partial charge in [0.2, 0.25) is 0 Å². The lowest BCUT2D eigenvalue weighted by molar-refractivity contribution is 0.658. The second-order valence-electron chi connectivity index (χ2n) is 4.35. The van der Waals surface area contributed by atoms with Crippen LogP contribution < -0.4 is 5.32 Å². The highest BCUT2D eigenvalue weighted by molar-refractivity contribution is 7.15. The van der Waals surface area contributed by atoms with E-state index in [0.717, 1.165) is 10.7 Å². The van der Waals surface area contributed by atoms with Crippen LogP contribution >= 0.6 is 11.3 Å². The third-order valence-corrected chi connectivity index (χ3v) is 4.35. The van der Waals surface area contributed by atoms with E-state index in [4.69, 9.17) is 0 Å². The zero-order chi connectivity index (χ0) is 12.4. The zero-order valence-electron chi connectivity index (χ0n) is 10.7. The standard InChI is InChI=1S/C14H18N2S/c1-9-5-7-12(8-6-9)14-16-11(3)13(17-14)10(2)15-4/h5-8,10,15H,1-4H3. The Hall–Kier alpha value is -1.19.